The fourth-order valence-corrected chi connectivity index (χ4v) is 3.67. The van der Waals surface area contributed by atoms with Crippen LogP contribution in [0.25, 0.3) is 10.2 Å². The Kier molecular flexibility index (Phi) is 4.64. The number of nitrogens with one attached hydrogen (secondary N) is 2. The van der Waals surface area contributed by atoms with Gasteiger partial charge in [-0.25, -0.2) is 4.98 Å². The van der Waals surface area contributed by atoms with Gasteiger partial charge in [0.2, 0.25) is 11.8 Å². The molecule has 4 rings (SSSR count). The maximum atomic E-state index is 12.3. The number of carbonyl (C=O) groups excluding carboxylic acids is 2. The normalized spacial score (nSPS) is 12.6. The fraction of sp³-hybridized carbons (Fsp3) is 0.211. The molecule has 0 saturated carbocycles. The van der Waals surface area contributed by atoms with Gasteiger partial charge in [0.15, 0.2) is 16.6 Å². The number of benzene rings is 2. The summed E-state index contributed by atoms with van der Waals surface area (Å²) in [6.07, 6.45) is 0.221. The number of thiazole rings is 1. The van der Waals surface area contributed by atoms with E-state index in [9.17, 15) is 9.59 Å². The predicted molar refractivity (Wildman–Crippen MR) is 104 cm³/mol. The van der Waals surface area contributed by atoms with Crippen LogP contribution in [0.1, 0.15) is 12.5 Å². The van der Waals surface area contributed by atoms with Crippen molar-refractivity contribution in [2.45, 2.75) is 13.3 Å². The minimum Gasteiger partial charge on any atom is -0.486 e. The van der Waals surface area contributed by atoms with E-state index >= 15 is 0 Å². The van der Waals surface area contributed by atoms with Gasteiger partial charge in [-0.2, -0.15) is 0 Å². The molecule has 0 spiro atoms. The molecule has 0 radical (unpaired) electrons. The van der Waals surface area contributed by atoms with Gasteiger partial charge >= 0.3 is 0 Å². The second kappa shape index (κ2) is 7.24. The Morgan fingerprint density at radius 3 is 2.48 bits per heavy atom. The van der Waals surface area contributed by atoms with Gasteiger partial charge in [0.25, 0.3) is 0 Å². The third-order valence-corrected chi connectivity index (χ3v) is 4.87. The molecule has 27 heavy (non-hydrogen) atoms. The lowest BCUT2D eigenvalue weighted by molar-refractivity contribution is -0.116. The van der Waals surface area contributed by atoms with Crippen molar-refractivity contribution in [3.8, 4) is 11.5 Å². The van der Waals surface area contributed by atoms with Crippen molar-refractivity contribution in [1.82, 2.24) is 4.98 Å². The van der Waals surface area contributed by atoms with Gasteiger partial charge in [0, 0.05) is 24.7 Å². The number of anilines is 2. The highest BCUT2D eigenvalue weighted by Crippen LogP contribution is 2.37. The van der Waals surface area contributed by atoms with Crippen molar-refractivity contribution < 1.29 is 19.1 Å². The van der Waals surface area contributed by atoms with Gasteiger partial charge in [-0.15, -0.1) is 0 Å². The van der Waals surface area contributed by atoms with E-state index in [4.69, 9.17) is 9.47 Å². The average Bonchev–Trinajstić information content (AvgIpc) is 3.01. The molecular formula is C19H17N3O4S. The minimum atomic E-state index is -0.154. The lowest BCUT2D eigenvalue weighted by Gasteiger charge is -2.17. The second-order valence-corrected chi connectivity index (χ2v) is 7.12. The first-order valence-electron chi connectivity index (χ1n) is 8.43. The number of ether oxygens (including phenoxy) is 2. The molecule has 0 unspecified atom stereocenters. The molecule has 1 aliphatic heterocycles. The van der Waals surface area contributed by atoms with Crippen LogP contribution in [-0.2, 0) is 16.0 Å². The summed E-state index contributed by atoms with van der Waals surface area (Å²) in [4.78, 5) is 27.8. The highest BCUT2D eigenvalue weighted by Gasteiger charge is 2.16. The van der Waals surface area contributed by atoms with Crippen molar-refractivity contribution in [3.63, 3.8) is 0 Å². The lowest BCUT2D eigenvalue weighted by atomic mass is 10.1. The van der Waals surface area contributed by atoms with Crippen molar-refractivity contribution in [3.05, 3.63) is 42.0 Å². The summed E-state index contributed by atoms with van der Waals surface area (Å²) in [5.74, 6) is 1.10. The van der Waals surface area contributed by atoms with Crippen LogP contribution in [0.2, 0.25) is 0 Å². The first-order chi connectivity index (χ1) is 13.1. The predicted octanol–water partition coefficient (Wildman–Crippen LogP) is 3.21. The zero-order chi connectivity index (χ0) is 18.8. The Labute approximate surface area is 159 Å². The Morgan fingerprint density at radius 1 is 1.07 bits per heavy atom. The molecule has 2 amide bonds. The van der Waals surface area contributed by atoms with Crippen LogP contribution in [0, 0.1) is 0 Å². The molecule has 7 nitrogen and oxygen atoms in total. The summed E-state index contributed by atoms with van der Waals surface area (Å²) in [6, 6.07) is 10.9. The summed E-state index contributed by atoms with van der Waals surface area (Å²) in [7, 11) is 0. The van der Waals surface area contributed by atoms with E-state index in [0.717, 1.165) is 15.8 Å². The fourth-order valence-electron chi connectivity index (χ4n) is 2.78. The number of hydrogen-bond donors (Lipinski definition) is 2. The quantitative estimate of drug-likeness (QED) is 0.722. The topological polar surface area (TPSA) is 89.6 Å². The zero-order valence-corrected chi connectivity index (χ0v) is 15.4. The number of hydrogen-bond acceptors (Lipinski definition) is 6. The lowest BCUT2D eigenvalue weighted by Crippen LogP contribution is -2.15. The van der Waals surface area contributed by atoms with E-state index in [2.05, 4.69) is 15.6 Å². The number of fused-ring (bicyclic) bond motifs is 2. The number of carbonyl (C=O) groups is 2. The first-order valence-corrected chi connectivity index (χ1v) is 9.25. The van der Waals surface area contributed by atoms with E-state index in [0.29, 0.717) is 35.5 Å². The van der Waals surface area contributed by atoms with Gasteiger partial charge in [0.05, 0.1) is 16.6 Å². The third-order valence-electron chi connectivity index (χ3n) is 3.94. The summed E-state index contributed by atoms with van der Waals surface area (Å²) in [5.41, 5.74) is 2.31. The molecule has 0 saturated heterocycles. The highest BCUT2D eigenvalue weighted by molar-refractivity contribution is 7.22. The van der Waals surface area contributed by atoms with E-state index in [1.165, 1.54) is 18.3 Å². The molecule has 138 valence electrons. The summed E-state index contributed by atoms with van der Waals surface area (Å²) in [6.45, 7) is 2.50. The summed E-state index contributed by atoms with van der Waals surface area (Å²) in [5, 5.41) is 6.06. The number of amides is 2. The van der Waals surface area contributed by atoms with Gasteiger partial charge in [0.1, 0.15) is 13.2 Å². The number of nitrogens with zero attached hydrogens (tertiary/aromatic N) is 1. The summed E-state index contributed by atoms with van der Waals surface area (Å²) >= 11 is 1.39. The molecule has 2 N–H and O–H groups in total. The van der Waals surface area contributed by atoms with Crippen LogP contribution < -0.4 is 20.1 Å². The molecular weight excluding hydrogens is 366 g/mol. The number of aromatic nitrogens is 1. The van der Waals surface area contributed by atoms with Crippen LogP contribution in [0.3, 0.4) is 0 Å². The SMILES string of the molecule is CC(=O)Nc1ccc(CC(=O)Nc2nc3cc4c(cc3s2)OCCO4)cc1. The Morgan fingerprint density at radius 2 is 1.78 bits per heavy atom. The smallest absolute Gasteiger partial charge is 0.230 e. The molecule has 2 heterocycles. The van der Waals surface area contributed by atoms with Crippen LogP contribution in [0.5, 0.6) is 11.5 Å². The maximum absolute atomic E-state index is 12.3. The van der Waals surface area contributed by atoms with Gasteiger partial charge in [-0.05, 0) is 17.7 Å². The standard InChI is InChI=1S/C19H17N3O4S/c1-11(23)20-13-4-2-12(3-5-13)8-18(24)22-19-21-14-9-15-16(10-17(14)27-19)26-7-6-25-15/h2-5,9-10H,6-8H2,1H3,(H,20,23)(H,21,22,24). The molecule has 2 aromatic carbocycles. The third kappa shape index (κ3) is 4.01. The molecule has 0 atom stereocenters. The van der Waals surface area contributed by atoms with Crippen LogP contribution in [0.4, 0.5) is 10.8 Å². The minimum absolute atomic E-state index is 0.131. The number of rotatable bonds is 4. The molecule has 1 aromatic heterocycles. The molecule has 1 aliphatic rings. The summed E-state index contributed by atoms with van der Waals surface area (Å²) < 4.78 is 12.1. The van der Waals surface area contributed by atoms with Crippen molar-refractivity contribution >= 4 is 44.2 Å². The van der Waals surface area contributed by atoms with Crippen LogP contribution >= 0.6 is 11.3 Å². The molecule has 0 fully saturated rings. The molecule has 0 bridgehead atoms. The Hall–Kier alpha value is -3.13. The van der Waals surface area contributed by atoms with Crippen LogP contribution in [0.15, 0.2) is 36.4 Å². The van der Waals surface area contributed by atoms with Crippen LogP contribution in [-0.4, -0.2) is 30.0 Å². The van der Waals surface area contributed by atoms with Gasteiger partial charge in [-0.3, -0.25) is 9.59 Å². The van der Waals surface area contributed by atoms with Crippen molar-refractivity contribution in [2.75, 3.05) is 23.8 Å². The Bertz CT molecular complexity index is 971. The molecule has 3 aromatic rings. The second-order valence-electron chi connectivity index (χ2n) is 6.09. The van der Waals surface area contributed by atoms with Gasteiger partial charge in [-0.1, -0.05) is 23.5 Å². The van der Waals surface area contributed by atoms with Crippen molar-refractivity contribution in [1.29, 1.82) is 0 Å². The zero-order valence-electron chi connectivity index (χ0n) is 14.6. The van der Waals surface area contributed by atoms with E-state index in [1.54, 1.807) is 12.1 Å². The van der Waals surface area contributed by atoms with E-state index in [1.807, 2.05) is 24.3 Å². The maximum Gasteiger partial charge on any atom is 0.230 e. The van der Waals surface area contributed by atoms with E-state index in [-0.39, 0.29) is 18.2 Å². The largest absolute Gasteiger partial charge is 0.486 e. The van der Waals surface area contributed by atoms with E-state index < -0.39 is 0 Å². The molecule has 8 heteroatoms. The Balaban J connectivity index is 1.44. The highest BCUT2D eigenvalue weighted by atomic mass is 32.1. The average molecular weight is 383 g/mol. The van der Waals surface area contributed by atoms with Crippen molar-refractivity contribution in [2.24, 2.45) is 0 Å². The van der Waals surface area contributed by atoms with Gasteiger partial charge < -0.3 is 20.1 Å². The monoisotopic (exact) mass is 383 g/mol. The molecule has 0 aliphatic carbocycles. The first kappa shape index (κ1) is 17.3.